The van der Waals surface area contributed by atoms with Crippen LogP contribution in [0.3, 0.4) is 0 Å². The van der Waals surface area contributed by atoms with E-state index >= 15 is 0 Å². The van der Waals surface area contributed by atoms with Crippen molar-refractivity contribution in [2.24, 2.45) is 17.8 Å². The average molecular weight is 230 g/mol. The Morgan fingerprint density at radius 1 is 0.938 bits per heavy atom. The lowest BCUT2D eigenvalue weighted by Crippen LogP contribution is -2.13. The number of hydrogen-bond acceptors (Lipinski definition) is 5. The molecule has 1 aliphatic carbocycles. The van der Waals surface area contributed by atoms with E-state index in [2.05, 4.69) is 0 Å². The van der Waals surface area contributed by atoms with E-state index in [1.165, 1.54) is 0 Å². The van der Waals surface area contributed by atoms with Gasteiger partial charge in [-0.25, -0.2) is 0 Å². The maximum absolute atomic E-state index is 11.3. The molecule has 6 heteroatoms. The van der Waals surface area contributed by atoms with Gasteiger partial charge in [0.15, 0.2) is 0 Å². The van der Waals surface area contributed by atoms with Crippen LogP contribution in [0.5, 0.6) is 0 Å². The molecule has 1 rings (SSSR count). The van der Waals surface area contributed by atoms with Crippen molar-refractivity contribution in [3.8, 4) is 0 Å². The minimum Gasteiger partial charge on any atom is -0.481 e. The first-order valence-corrected chi connectivity index (χ1v) is 5.10. The predicted octanol–water partition coefficient (Wildman–Crippen LogP) is 0.0594. The van der Waals surface area contributed by atoms with Gasteiger partial charge in [0.1, 0.15) is 0 Å². The summed E-state index contributed by atoms with van der Waals surface area (Å²) in [5, 5.41) is 8.81. The van der Waals surface area contributed by atoms with E-state index in [0.717, 1.165) is 0 Å². The molecule has 0 heterocycles. The van der Waals surface area contributed by atoms with E-state index in [4.69, 9.17) is 14.6 Å². The number of rotatable bonds is 5. The Bertz CT molecular complexity index is 286. The lowest BCUT2D eigenvalue weighted by atomic mass is 10.3. The Morgan fingerprint density at radius 2 is 1.31 bits per heavy atom. The molecular weight excluding hydrogens is 216 g/mol. The van der Waals surface area contributed by atoms with Gasteiger partial charge in [-0.3, -0.25) is 14.4 Å². The van der Waals surface area contributed by atoms with Crippen LogP contribution in [0.4, 0.5) is 0 Å². The number of carbonyl (C=O) groups is 3. The number of carboxylic acid groups (broad SMARTS) is 1. The summed E-state index contributed by atoms with van der Waals surface area (Å²) in [5.74, 6) is -5.25. The number of carboxylic acids is 1. The monoisotopic (exact) mass is 230 g/mol. The summed E-state index contributed by atoms with van der Waals surface area (Å²) in [6.07, 6.45) is 0. The molecule has 0 amide bonds. The minimum atomic E-state index is -1.17. The fourth-order valence-electron chi connectivity index (χ4n) is 1.68. The molecule has 1 aliphatic rings. The van der Waals surface area contributed by atoms with E-state index in [-0.39, 0.29) is 13.2 Å². The molecular formula is C10H14O6. The molecule has 0 aromatic carbocycles. The molecule has 0 aromatic rings. The highest BCUT2D eigenvalue weighted by Gasteiger charge is 2.65. The largest absolute Gasteiger partial charge is 0.481 e. The molecule has 3 atom stereocenters. The maximum atomic E-state index is 11.3. The van der Waals surface area contributed by atoms with Crippen molar-refractivity contribution in [1.82, 2.24) is 0 Å². The van der Waals surface area contributed by atoms with Crippen molar-refractivity contribution in [1.29, 1.82) is 0 Å². The Labute approximate surface area is 92.5 Å². The summed E-state index contributed by atoms with van der Waals surface area (Å²) >= 11 is 0. The number of ether oxygens (including phenoxy) is 2. The third-order valence-corrected chi connectivity index (χ3v) is 2.42. The van der Waals surface area contributed by atoms with E-state index in [1.54, 1.807) is 13.8 Å². The van der Waals surface area contributed by atoms with Gasteiger partial charge in [-0.2, -0.15) is 0 Å². The first kappa shape index (κ1) is 12.5. The molecule has 1 N–H and O–H groups in total. The lowest BCUT2D eigenvalue weighted by Gasteiger charge is -2.00. The lowest BCUT2D eigenvalue weighted by molar-refractivity contribution is -0.150. The molecule has 0 aromatic heterocycles. The second-order valence-electron chi connectivity index (χ2n) is 3.42. The van der Waals surface area contributed by atoms with Crippen LogP contribution in [0.15, 0.2) is 0 Å². The van der Waals surface area contributed by atoms with Crippen LogP contribution in [0.25, 0.3) is 0 Å². The number of hydrogen-bond donors (Lipinski definition) is 1. The van der Waals surface area contributed by atoms with Crippen molar-refractivity contribution in [3.05, 3.63) is 0 Å². The van der Waals surface area contributed by atoms with Gasteiger partial charge in [0.05, 0.1) is 31.0 Å². The molecule has 0 bridgehead atoms. The Kier molecular flexibility index (Phi) is 3.87. The second kappa shape index (κ2) is 4.96. The van der Waals surface area contributed by atoms with Gasteiger partial charge >= 0.3 is 17.9 Å². The van der Waals surface area contributed by atoms with Gasteiger partial charge in [-0.05, 0) is 13.8 Å². The third kappa shape index (κ3) is 2.32. The SMILES string of the molecule is CCOC(=O)[C@@H]1C(C(=O)O)[C@@H]1C(=O)OCC. The molecule has 0 radical (unpaired) electrons. The van der Waals surface area contributed by atoms with Gasteiger partial charge in [0.25, 0.3) is 0 Å². The van der Waals surface area contributed by atoms with Crippen LogP contribution in [0.2, 0.25) is 0 Å². The fourth-order valence-corrected chi connectivity index (χ4v) is 1.68. The van der Waals surface area contributed by atoms with Crippen LogP contribution in [-0.2, 0) is 23.9 Å². The van der Waals surface area contributed by atoms with Crippen LogP contribution < -0.4 is 0 Å². The molecule has 16 heavy (non-hydrogen) atoms. The molecule has 0 saturated heterocycles. The molecule has 1 unspecified atom stereocenters. The molecule has 90 valence electrons. The van der Waals surface area contributed by atoms with Crippen molar-refractivity contribution in [2.75, 3.05) is 13.2 Å². The van der Waals surface area contributed by atoms with Gasteiger partial charge in [-0.15, -0.1) is 0 Å². The van der Waals surface area contributed by atoms with Crippen LogP contribution >= 0.6 is 0 Å². The normalized spacial score (nSPS) is 27.0. The summed E-state index contributed by atoms with van der Waals surface area (Å²) in [6.45, 7) is 3.57. The zero-order chi connectivity index (χ0) is 12.3. The maximum Gasteiger partial charge on any atom is 0.310 e. The molecule has 1 fully saturated rings. The summed E-state index contributed by atoms with van der Waals surface area (Å²) in [4.78, 5) is 33.5. The highest BCUT2D eigenvalue weighted by atomic mass is 16.5. The zero-order valence-corrected chi connectivity index (χ0v) is 9.13. The van der Waals surface area contributed by atoms with Crippen molar-refractivity contribution in [3.63, 3.8) is 0 Å². The first-order chi connectivity index (χ1) is 7.54. The van der Waals surface area contributed by atoms with Crippen LogP contribution in [0, 0.1) is 17.8 Å². The predicted molar refractivity (Wildman–Crippen MR) is 51.4 cm³/mol. The summed E-state index contributed by atoms with van der Waals surface area (Å²) in [5.41, 5.74) is 0. The molecule has 0 spiro atoms. The number of esters is 2. The second-order valence-corrected chi connectivity index (χ2v) is 3.42. The first-order valence-electron chi connectivity index (χ1n) is 5.10. The van der Waals surface area contributed by atoms with E-state index in [0.29, 0.717) is 0 Å². The summed E-state index contributed by atoms with van der Waals surface area (Å²) in [6, 6.07) is 0. The smallest absolute Gasteiger partial charge is 0.310 e. The highest BCUT2D eigenvalue weighted by Crippen LogP contribution is 2.48. The van der Waals surface area contributed by atoms with Gasteiger partial charge in [0.2, 0.25) is 0 Å². The number of carbonyl (C=O) groups excluding carboxylic acids is 2. The topological polar surface area (TPSA) is 89.9 Å². The van der Waals surface area contributed by atoms with Gasteiger partial charge < -0.3 is 14.6 Å². The summed E-state index contributed by atoms with van der Waals surface area (Å²) < 4.78 is 9.39. The van der Waals surface area contributed by atoms with E-state index < -0.39 is 35.7 Å². The van der Waals surface area contributed by atoms with E-state index in [9.17, 15) is 14.4 Å². The van der Waals surface area contributed by atoms with Crippen molar-refractivity contribution < 1.29 is 29.0 Å². The fraction of sp³-hybridized carbons (Fsp3) is 0.700. The quantitative estimate of drug-likeness (QED) is 0.671. The Balaban J connectivity index is 2.67. The van der Waals surface area contributed by atoms with Crippen molar-refractivity contribution >= 4 is 17.9 Å². The standard InChI is InChI=1S/C10H14O6/c1-3-15-9(13)6-5(8(11)12)7(6)10(14)16-4-2/h5-7H,3-4H2,1-2H3,(H,11,12)/t5?,6-,7+. The average Bonchev–Trinajstić information content (AvgIpc) is 2.93. The zero-order valence-electron chi connectivity index (χ0n) is 9.13. The van der Waals surface area contributed by atoms with Crippen molar-refractivity contribution in [2.45, 2.75) is 13.8 Å². The number of aliphatic carboxylic acids is 1. The molecule has 1 saturated carbocycles. The van der Waals surface area contributed by atoms with Crippen LogP contribution in [0.1, 0.15) is 13.8 Å². The highest BCUT2D eigenvalue weighted by molar-refractivity contribution is 5.96. The summed E-state index contributed by atoms with van der Waals surface area (Å²) in [7, 11) is 0. The molecule has 6 nitrogen and oxygen atoms in total. The van der Waals surface area contributed by atoms with Gasteiger partial charge in [0, 0.05) is 0 Å². The minimum absolute atomic E-state index is 0.164. The third-order valence-electron chi connectivity index (χ3n) is 2.42. The Morgan fingerprint density at radius 3 is 1.56 bits per heavy atom. The van der Waals surface area contributed by atoms with Crippen LogP contribution in [-0.4, -0.2) is 36.2 Å². The van der Waals surface area contributed by atoms with Gasteiger partial charge in [-0.1, -0.05) is 0 Å². The Hall–Kier alpha value is -1.59. The van der Waals surface area contributed by atoms with E-state index in [1.807, 2.05) is 0 Å². The molecule has 0 aliphatic heterocycles.